The van der Waals surface area contributed by atoms with Crippen molar-refractivity contribution >= 4 is 0 Å². The summed E-state index contributed by atoms with van der Waals surface area (Å²) in [6, 6.07) is 1.86. The molecule has 64 valence electrons. The van der Waals surface area contributed by atoms with Gasteiger partial charge in [0.05, 0.1) is 0 Å². The van der Waals surface area contributed by atoms with Crippen molar-refractivity contribution in [2.45, 2.75) is 32.0 Å². The Morgan fingerprint density at radius 3 is 2.64 bits per heavy atom. The van der Waals surface area contributed by atoms with Crippen LogP contribution in [0.15, 0.2) is 12.7 Å². The number of rotatable bonds is 4. The fraction of sp³-hybridized carbons (Fsp3) is 0.778. The lowest BCUT2D eigenvalue weighted by Crippen LogP contribution is -2.31. The van der Waals surface area contributed by atoms with E-state index in [1.165, 1.54) is 0 Å². The summed E-state index contributed by atoms with van der Waals surface area (Å²) >= 11 is 0. The van der Waals surface area contributed by atoms with Gasteiger partial charge in [-0.1, -0.05) is 6.08 Å². The maximum absolute atomic E-state index is 3.74. The highest BCUT2D eigenvalue weighted by molar-refractivity contribution is 5.09. The highest BCUT2D eigenvalue weighted by atomic mass is 15.2. The van der Waals surface area contributed by atoms with Crippen LogP contribution >= 0.6 is 0 Å². The average molecular weight is 154 g/mol. The molecule has 1 fully saturated rings. The van der Waals surface area contributed by atoms with Gasteiger partial charge in [0.1, 0.15) is 0 Å². The van der Waals surface area contributed by atoms with E-state index in [2.05, 4.69) is 37.7 Å². The Hall–Kier alpha value is -0.340. The molecule has 0 saturated carbocycles. The Morgan fingerprint density at radius 1 is 1.64 bits per heavy atom. The van der Waals surface area contributed by atoms with Gasteiger partial charge in [-0.05, 0) is 20.9 Å². The van der Waals surface area contributed by atoms with Gasteiger partial charge in [0.15, 0.2) is 0 Å². The summed E-state index contributed by atoms with van der Waals surface area (Å²) in [6.07, 6.45) is 1.98. The molecule has 0 aliphatic carbocycles. The molecule has 2 atom stereocenters. The van der Waals surface area contributed by atoms with Crippen molar-refractivity contribution < 1.29 is 0 Å². The predicted molar refractivity (Wildman–Crippen MR) is 48.7 cm³/mol. The van der Waals surface area contributed by atoms with Gasteiger partial charge in [-0.25, -0.2) is 0 Å². The summed E-state index contributed by atoms with van der Waals surface area (Å²) in [5.41, 5.74) is 0. The molecule has 2 unspecified atom stereocenters. The Balaban J connectivity index is 2.17. The zero-order valence-corrected chi connectivity index (χ0v) is 7.67. The van der Waals surface area contributed by atoms with Gasteiger partial charge in [-0.2, -0.15) is 0 Å². The number of likely N-dealkylation sites (N-methyl/N-ethyl adjacent to an activating group) is 1. The molecule has 1 heterocycles. The van der Waals surface area contributed by atoms with Crippen LogP contribution in [0.4, 0.5) is 0 Å². The third kappa shape index (κ3) is 2.31. The van der Waals surface area contributed by atoms with E-state index < -0.39 is 0 Å². The van der Waals surface area contributed by atoms with E-state index in [0.717, 1.165) is 6.54 Å². The van der Waals surface area contributed by atoms with Crippen LogP contribution in [0.5, 0.6) is 0 Å². The zero-order valence-electron chi connectivity index (χ0n) is 7.67. The van der Waals surface area contributed by atoms with Gasteiger partial charge in [-0.15, -0.1) is 6.58 Å². The van der Waals surface area contributed by atoms with Gasteiger partial charge in [0.2, 0.25) is 0 Å². The van der Waals surface area contributed by atoms with E-state index in [9.17, 15) is 0 Å². The fourth-order valence-corrected chi connectivity index (χ4v) is 1.11. The second-order valence-corrected chi connectivity index (χ2v) is 3.57. The number of hydrogen-bond acceptors (Lipinski definition) is 2. The smallest absolute Gasteiger partial charge is 0.0418 e. The maximum Gasteiger partial charge on any atom is 0.0418 e. The summed E-state index contributed by atoms with van der Waals surface area (Å²) < 4.78 is 0. The van der Waals surface area contributed by atoms with Crippen LogP contribution in [0.3, 0.4) is 0 Å². The molecule has 11 heavy (non-hydrogen) atoms. The molecule has 0 aromatic carbocycles. The normalized spacial score (nSPS) is 29.5. The summed E-state index contributed by atoms with van der Waals surface area (Å²) in [6.45, 7) is 9.30. The quantitative estimate of drug-likeness (QED) is 0.480. The van der Waals surface area contributed by atoms with Crippen molar-refractivity contribution in [2.24, 2.45) is 0 Å². The molecular weight excluding hydrogens is 136 g/mol. The van der Waals surface area contributed by atoms with Crippen LogP contribution in [0.2, 0.25) is 0 Å². The van der Waals surface area contributed by atoms with Crippen molar-refractivity contribution in [1.82, 2.24) is 10.2 Å². The van der Waals surface area contributed by atoms with E-state index in [1.807, 2.05) is 6.08 Å². The molecule has 1 rings (SSSR count). The van der Waals surface area contributed by atoms with Crippen molar-refractivity contribution in [1.29, 1.82) is 0 Å². The van der Waals surface area contributed by atoms with Crippen molar-refractivity contribution in [3.8, 4) is 0 Å². The molecule has 0 radical (unpaired) electrons. The number of hydrogen-bond donors (Lipinski definition) is 1. The number of nitrogens with zero attached hydrogens (tertiary/aromatic N) is 1. The predicted octanol–water partition coefficient (Wildman–Crippen LogP) is 0.853. The van der Waals surface area contributed by atoms with Crippen LogP contribution in [-0.2, 0) is 0 Å². The SMILES string of the molecule is C=CC1NC1CN(C)C(C)C. The molecule has 0 spiro atoms. The molecule has 1 N–H and O–H groups in total. The third-order valence-corrected chi connectivity index (χ3v) is 2.35. The Kier molecular flexibility index (Phi) is 2.68. The first kappa shape index (κ1) is 8.75. The minimum Gasteiger partial charge on any atom is -0.303 e. The van der Waals surface area contributed by atoms with Crippen molar-refractivity contribution in [2.75, 3.05) is 13.6 Å². The molecule has 1 aliphatic heterocycles. The van der Waals surface area contributed by atoms with E-state index in [4.69, 9.17) is 0 Å². The van der Waals surface area contributed by atoms with Gasteiger partial charge < -0.3 is 10.2 Å². The second kappa shape index (κ2) is 3.37. The van der Waals surface area contributed by atoms with E-state index >= 15 is 0 Å². The first-order valence-corrected chi connectivity index (χ1v) is 4.24. The molecule has 0 aromatic rings. The minimum atomic E-state index is 0.566. The third-order valence-electron chi connectivity index (χ3n) is 2.35. The summed E-state index contributed by atoms with van der Waals surface area (Å²) in [4.78, 5) is 2.35. The van der Waals surface area contributed by atoms with Crippen LogP contribution in [0.25, 0.3) is 0 Å². The second-order valence-electron chi connectivity index (χ2n) is 3.57. The highest BCUT2D eigenvalue weighted by Crippen LogP contribution is 2.13. The lowest BCUT2D eigenvalue weighted by Gasteiger charge is -2.19. The zero-order chi connectivity index (χ0) is 8.43. The van der Waals surface area contributed by atoms with Gasteiger partial charge in [0.25, 0.3) is 0 Å². The highest BCUT2D eigenvalue weighted by Gasteiger charge is 2.33. The van der Waals surface area contributed by atoms with Crippen molar-refractivity contribution in [3.63, 3.8) is 0 Å². The van der Waals surface area contributed by atoms with Gasteiger partial charge >= 0.3 is 0 Å². The van der Waals surface area contributed by atoms with Crippen molar-refractivity contribution in [3.05, 3.63) is 12.7 Å². The van der Waals surface area contributed by atoms with Crippen LogP contribution in [0.1, 0.15) is 13.8 Å². The lowest BCUT2D eigenvalue weighted by atomic mass is 10.2. The summed E-state index contributed by atoms with van der Waals surface area (Å²) in [7, 11) is 2.16. The summed E-state index contributed by atoms with van der Waals surface area (Å²) in [5.74, 6) is 0. The van der Waals surface area contributed by atoms with E-state index in [0.29, 0.717) is 18.1 Å². The Labute approximate surface area is 69.3 Å². The number of nitrogens with one attached hydrogen (secondary N) is 1. The standard InChI is InChI=1S/C9H18N2/c1-5-8-9(10-8)6-11(4)7(2)3/h5,7-10H,1,6H2,2-4H3. The lowest BCUT2D eigenvalue weighted by molar-refractivity contribution is 0.275. The molecule has 0 bridgehead atoms. The largest absolute Gasteiger partial charge is 0.303 e. The minimum absolute atomic E-state index is 0.566. The molecule has 2 nitrogen and oxygen atoms in total. The fourth-order valence-electron chi connectivity index (χ4n) is 1.11. The van der Waals surface area contributed by atoms with E-state index in [-0.39, 0.29) is 0 Å². The summed E-state index contributed by atoms with van der Waals surface area (Å²) in [5, 5.41) is 3.34. The monoisotopic (exact) mass is 154 g/mol. The van der Waals surface area contributed by atoms with Crippen LogP contribution in [0, 0.1) is 0 Å². The van der Waals surface area contributed by atoms with Gasteiger partial charge in [-0.3, -0.25) is 0 Å². The Morgan fingerprint density at radius 2 is 2.27 bits per heavy atom. The van der Waals surface area contributed by atoms with Crippen LogP contribution < -0.4 is 5.32 Å². The molecule has 0 amide bonds. The molecule has 1 saturated heterocycles. The Bertz CT molecular complexity index is 142. The molecule has 1 aliphatic rings. The van der Waals surface area contributed by atoms with E-state index in [1.54, 1.807) is 0 Å². The molecular formula is C9H18N2. The maximum atomic E-state index is 3.74. The average Bonchev–Trinajstić information content (AvgIpc) is 2.67. The first-order chi connectivity index (χ1) is 5.15. The van der Waals surface area contributed by atoms with Gasteiger partial charge in [0, 0.05) is 24.7 Å². The van der Waals surface area contributed by atoms with Crippen LogP contribution in [-0.4, -0.2) is 36.6 Å². The topological polar surface area (TPSA) is 25.2 Å². The first-order valence-electron chi connectivity index (χ1n) is 4.24. The molecule has 0 aromatic heterocycles. The molecule has 2 heteroatoms.